The number of carbonyl (C=O) groups excluding carboxylic acids is 8. The zero-order valence-electron chi connectivity index (χ0n) is 39.8. The smallest absolute Gasteiger partial charge is 0.304 e. The number of carboxylic acids is 1. The van der Waals surface area contributed by atoms with Crippen molar-refractivity contribution in [3.05, 3.63) is 83.9 Å². The Kier molecular flexibility index (Phi) is 23.5. The number of hydrogen-bond acceptors (Lipinski definition) is 14. The molecule has 1 aromatic heterocycles. The number of nitrogens with zero attached hydrogens (tertiary/aromatic N) is 1. The number of aliphatic hydroxyl groups excluding tert-OH is 1. The highest BCUT2D eigenvalue weighted by molar-refractivity contribution is 8.13. The van der Waals surface area contributed by atoms with Gasteiger partial charge in [-0.05, 0) is 61.3 Å². The van der Waals surface area contributed by atoms with Gasteiger partial charge >= 0.3 is 5.97 Å². The number of phenolic OH excluding ortho intramolecular Hbond substituents is 1. The topological polar surface area (TPSA) is 367 Å². The molecular formula is C47H66N10O12S. The van der Waals surface area contributed by atoms with Crippen molar-refractivity contribution in [3.8, 4) is 5.75 Å². The van der Waals surface area contributed by atoms with Crippen LogP contribution in [0.4, 0.5) is 0 Å². The molecule has 7 amide bonds. The Morgan fingerprint density at radius 3 is 1.77 bits per heavy atom. The summed E-state index contributed by atoms with van der Waals surface area (Å²) in [6, 6.07) is 5.32. The number of amides is 7. The van der Waals surface area contributed by atoms with Crippen LogP contribution in [0.2, 0.25) is 0 Å². The van der Waals surface area contributed by atoms with Crippen molar-refractivity contribution in [2.45, 2.75) is 128 Å². The number of aromatic nitrogens is 2. The first-order valence-electron chi connectivity index (χ1n) is 22.8. The van der Waals surface area contributed by atoms with Crippen molar-refractivity contribution < 1.29 is 58.5 Å². The highest BCUT2D eigenvalue weighted by atomic mass is 32.2. The van der Waals surface area contributed by atoms with Gasteiger partial charge in [-0.15, -0.1) is 0 Å². The fourth-order valence-corrected chi connectivity index (χ4v) is 7.87. The molecule has 0 saturated carbocycles. The summed E-state index contributed by atoms with van der Waals surface area (Å²) in [5, 5.41) is 44.1. The number of thioether (sulfide) groups is 1. The summed E-state index contributed by atoms with van der Waals surface area (Å²) in [5.41, 5.74) is 13.2. The lowest BCUT2D eigenvalue weighted by Gasteiger charge is -2.29. The van der Waals surface area contributed by atoms with Crippen LogP contribution in [0.25, 0.3) is 0 Å². The Morgan fingerprint density at radius 2 is 1.20 bits per heavy atom. The summed E-state index contributed by atoms with van der Waals surface area (Å²) in [7, 11) is 0. The standard InChI is InChI=1S/C47H66N10O12S/c1-25(2)19-34(44(66)57-40(27(5)58)47(69)70-18-17-38(61)62)53-43(65)35(21-28-9-7-6-8-10-28)55-46(68)39(26(3)4)56-45(67)36(22-30-23-50-24-51-30)54-42(64)33(15-16-37(49)60)52-41(63)32(48)20-29-11-13-31(59)14-12-29/h6-14,23-27,32-36,39-40,58-59H,15-22,48H2,1-5H3,(H2,49,60)(H,50,51)(H,52,63)(H,53,65)(H,54,64)(H,55,68)(H,56,67)(H,57,66)(H,61,62)/t27-,32+,33+,34+,35+,36+,39+,40+/m1/s1. The van der Waals surface area contributed by atoms with E-state index in [0.717, 1.165) is 0 Å². The Bertz CT molecular complexity index is 2230. The third kappa shape index (κ3) is 20.0. The highest BCUT2D eigenvalue weighted by Gasteiger charge is 2.36. The molecule has 0 fully saturated rings. The molecule has 2 aromatic carbocycles. The van der Waals surface area contributed by atoms with E-state index in [1.807, 2.05) is 0 Å². The number of hydrogen-bond donors (Lipinski definition) is 12. The van der Waals surface area contributed by atoms with Crippen LogP contribution in [0.3, 0.4) is 0 Å². The average molecular weight is 995 g/mol. The predicted molar refractivity (Wildman–Crippen MR) is 258 cm³/mol. The van der Waals surface area contributed by atoms with Gasteiger partial charge in [0.15, 0.2) is 0 Å². The monoisotopic (exact) mass is 994 g/mol. The van der Waals surface area contributed by atoms with Crippen LogP contribution in [0.1, 0.15) is 77.1 Å². The molecule has 0 aliphatic carbocycles. The lowest BCUT2D eigenvalue weighted by Crippen LogP contribution is -2.61. The van der Waals surface area contributed by atoms with Crippen LogP contribution >= 0.6 is 11.8 Å². The van der Waals surface area contributed by atoms with E-state index in [-0.39, 0.29) is 62.4 Å². The number of nitrogens with two attached hydrogens (primary N) is 2. The second kappa shape index (κ2) is 28.6. The van der Waals surface area contributed by atoms with Gasteiger partial charge < -0.3 is 63.7 Å². The van der Waals surface area contributed by atoms with E-state index in [0.29, 0.717) is 28.6 Å². The number of H-pyrrole nitrogens is 1. The summed E-state index contributed by atoms with van der Waals surface area (Å²) in [4.78, 5) is 126. The first-order valence-corrected chi connectivity index (χ1v) is 23.7. The van der Waals surface area contributed by atoms with Gasteiger partial charge in [-0.2, -0.15) is 0 Å². The molecule has 14 N–H and O–H groups in total. The molecule has 70 heavy (non-hydrogen) atoms. The molecular weight excluding hydrogens is 929 g/mol. The van der Waals surface area contributed by atoms with Crippen molar-refractivity contribution in [1.82, 2.24) is 41.9 Å². The average Bonchev–Trinajstić information content (AvgIpc) is 3.81. The number of carbonyl (C=O) groups is 9. The van der Waals surface area contributed by atoms with Gasteiger partial charge in [-0.3, -0.25) is 43.2 Å². The van der Waals surface area contributed by atoms with Crippen molar-refractivity contribution in [2.24, 2.45) is 23.3 Å². The van der Waals surface area contributed by atoms with Crippen LogP contribution in [0.15, 0.2) is 67.1 Å². The van der Waals surface area contributed by atoms with Gasteiger partial charge in [-0.25, -0.2) is 4.98 Å². The molecule has 23 heteroatoms. The number of aromatic amines is 1. The minimum atomic E-state index is -1.43. The van der Waals surface area contributed by atoms with Crippen LogP contribution in [-0.2, 0) is 62.4 Å². The predicted octanol–water partition coefficient (Wildman–Crippen LogP) is -0.538. The second-order valence-corrected chi connectivity index (χ2v) is 18.7. The number of phenols is 1. The van der Waals surface area contributed by atoms with Crippen LogP contribution in [0, 0.1) is 11.8 Å². The molecule has 0 unspecified atom stereocenters. The van der Waals surface area contributed by atoms with Gasteiger partial charge in [-0.1, -0.05) is 81.9 Å². The summed E-state index contributed by atoms with van der Waals surface area (Å²) < 4.78 is 0. The quantitative estimate of drug-likeness (QED) is 0.0416. The number of aliphatic carboxylic acids is 1. The number of primary amides is 1. The molecule has 8 atom stereocenters. The Hall–Kier alpha value is -6.85. The normalized spacial score (nSPS) is 14.6. The lowest BCUT2D eigenvalue weighted by molar-refractivity contribution is -0.136. The molecule has 0 spiro atoms. The number of nitrogens with one attached hydrogen (secondary N) is 7. The Balaban J connectivity index is 1.87. The van der Waals surface area contributed by atoms with Crippen LogP contribution < -0.4 is 43.4 Å². The maximum Gasteiger partial charge on any atom is 0.304 e. The molecule has 0 saturated heterocycles. The molecule has 22 nitrogen and oxygen atoms in total. The van der Waals surface area contributed by atoms with E-state index in [2.05, 4.69) is 41.9 Å². The maximum atomic E-state index is 14.3. The molecule has 0 aliphatic heterocycles. The maximum absolute atomic E-state index is 14.3. The molecule has 0 aliphatic rings. The fraction of sp³-hybridized carbons (Fsp3) is 0.489. The summed E-state index contributed by atoms with van der Waals surface area (Å²) in [6.45, 7) is 8.14. The minimum Gasteiger partial charge on any atom is -0.508 e. The number of aliphatic hydroxyl groups is 1. The van der Waals surface area contributed by atoms with Crippen LogP contribution in [0.5, 0.6) is 5.75 Å². The second-order valence-electron chi connectivity index (χ2n) is 17.6. The van der Waals surface area contributed by atoms with Gasteiger partial charge in [0, 0.05) is 36.9 Å². The van der Waals surface area contributed by atoms with Gasteiger partial charge in [0.05, 0.1) is 24.9 Å². The molecule has 3 rings (SSSR count). The fourth-order valence-electron chi connectivity index (χ4n) is 6.95. The summed E-state index contributed by atoms with van der Waals surface area (Å²) >= 11 is 0.633. The van der Waals surface area contributed by atoms with E-state index < -0.39 is 107 Å². The molecule has 3 aromatic rings. The van der Waals surface area contributed by atoms with E-state index in [9.17, 15) is 53.4 Å². The Labute approximate surface area is 410 Å². The zero-order chi connectivity index (χ0) is 52.1. The number of carboxylic acid groups (broad SMARTS) is 1. The van der Waals surface area contributed by atoms with Crippen molar-refractivity contribution in [2.75, 3.05) is 5.75 Å². The van der Waals surface area contributed by atoms with E-state index >= 15 is 0 Å². The number of benzene rings is 2. The third-order valence-corrected chi connectivity index (χ3v) is 11.7. The first kappa shape index (κ1) is 57.5. The Morgan fingerprint density at radius 1 is 0.657 bits per heavy atom. The summed E-state index contributed by atoms with van der Waals surface area (Å²) in [6.07, 6.45) is 0.338. The van der Waals surface area contributed by atoms with Gasteiger partial charge in [0.1, 0.15) is 42.0 Å². The highest BCUT2D eigenvalue weighted by Crippen LogP contribution is 2.15. The van der Waals surface area contributed by atoms with Gasteiger partial charge in [0.25, 0.3) is 0 Å². The van der Waals surface area contributed by atoms with Crippen molar-refractivity contribution in [3.63, 3.8) is 0 Å². The summed E-state index contributed by atoms with van der Waals surface area (Å²) in [5.74, 6) is -7.66. The lowest BCUT2D eigenvalue weighted by atomic mass is 9.99. The van der Waals surface area contributed by atoms with Crippen LogP contribution in [-0.4, -0.2) is 132 Å². The molecule has 1 heterocycles. The number of aromatic hydroxyl groups is 1. The first-order chi connectivity index (χ1) is 33.0. The molecule has 0 bridgehead atoms. The van der Waals surface area contributed by atoms with E-state index in [1.54, 1.807) is 70.2 Å². The largest absolute Gasteiger partial charge is 0.508 e. The van der Waals surface area contributed by atoms with E-state index in [4.69, 9.17) is 16.6 Å². The van der Waals surface area contributed by atoms with Crippen molar-refractivity contribution >= 4 is 64.2 Å². The SMILES string of the molecule is CC(C)C[C@H](NC(=O)[C@H](Cc1ccccc1)NC(=O)[C@@H](NC(=O)[C@H](Cc1cnc[nH]1)NC(=O)[C@H](CCC(N)=O)NC(=O)[C@@H](N)Cc1ccc(O)cc1)C(C)C)C(=O)N[C@H](C(=O)SCCC(=O)O)[C@@H](C)O. The van der Waals surface area contributed by atoms with E-state index in [1.165, 1.54) is 31.6 Å². The zero-order valence-corrected chi connectivity index (χ0v) is 40.6. The third-order valence-electron chi connectivity index (χ3n) is 10.7. The molecule has 382 valence electrons. The minimum absolute atomic E-state index is 0.0119. The van der Waals surface area contributed by atoms with Crippen molar-refractivity contribution in [1.29, 1.82) is 0 Å². The van der Waals surface area contributed by atoms with Gasteiger partial charge in [0.2, 0.25) is 46.5 Å². The number of imidazole rings is 1. The number of rotatable bonds is 29. The molecule has 0 radical (unpaired) electrons.